The van der Waals surface area contributed by atoms with Gasteiger partial charge in [-0.1, -0.05) is 18.2 Å². The van der Waals surface area contributed by atoms with Gasteiger partial charge in [0, 0.05) is 30.2 Å². The number of carbonyl (C=O) groups excluding carboxylic acids is 2. The number of nitrogens with one attached hydrogen (secondary N) is 1. The molecule has 40 heavy (non-hydrogen) atoms. The zero-order valence-corrected chi connectivity index (χ0v) is 21.9. The molecule has 1 atom stereocenters. The van der Waals surface area contributed by atoms with Crippen LogP contribution in [0.3, 0.4) is 0 Å². The fraction of sp³-hybridized carbons (Fsp3) is 0.179. The summed E-state index contributed by atoms with van der Waals surface area (Å²) in [6.45, 7) is 1.79. The van der Waals surface area contributed by atoms with E-state index in [1.807, 2.05) is 0 Å². The highest BCUT2D eigenvalue weighted by molar-refractivity contribution is 7.90. The van der Waals surface area contributed by atoms with Crippen LogP contribution in [0.2, 0.25) is 0 Å². The van der Waals surface area contributed by atoms with Crippen molar-refractivity contribution in [2.24, 2.45) is 0 Å². The van der Waals surface area contributed by atoms with E-state index in [0.29, 0.717) is 5.69 Å². The molecule has 0 fully saturated rings. The Balaban J connectivity index is 1.58. The summed E-state index contributed by atoms with van der Waals surface area (Å²) in [7, 11) is -3.84. The number of nitrogens with zero attached hydrogens (tertiary/aromatic N) is 3. The van der Waals surface area contributed by atoms with Gasteiger partial charge in [-0.05, 0) is 61.5 Å². The van der Waals surface area contributed by atoms with E-state index in [1.54, 1.807) is 37.3 Å². The number of hydrogen-bond donors (Lipinski definition) is 1. The Hall–Kier alpha value is -4.45. The van der Waals surface area contributed by atoms with Crippen molar-refractivity contribution < 1.29 is 31.2 Å². The molecule has 8 nitrogen and oxygen atoms in total. The van der Waals surface area contributed by atoms with Crippen molar-refractivity contribution in [2.75, 3.05) is 16.8 Å². The normalized spacial score (nSPS) is 15.6. The van der Waals surface area contributed by atoms with E-state index in [2.05, 4.69) is 10.3 Å². The van der Waals surface area contributed by atoms with Gasteiger partial charge in [-0.3, -0.25) is 14.6 Å². The molecule has 12 heteroatoms. The number of amides is 2. The molecule has 0 aliphatic carbocycles. The third kappa shape index (κ3) is 5.22. The monoisotopic (exact) mass is 568 g/mol. The van der Waals surface area contributed by atoms with Crippen LogP contribution in [0, 0.1) is 0 Å². The summed E-state index contributed by atoms with van der Waals surface area (Å²) in [5.74, 6) is -1.77. The van der Waals surface area contributed by atoms with Crippen LogP contribution < -0.4 is 10.2 Å². The second-order valence-corrected chi connectivity index (χ2v) is 11.3. The van der Waals surface area contributed by atoms with Gasteiger partial charge in [0.15, 0.2) is 9.84 Å². The Kier molecular flexibility index (Phi) is 6.96. The van der Waals surface area contributed by atoms with E-state index < -0.39 is 45.2 Å². The first-order valence-corrected chi connectivity index (χ1v) is 13.8. The Labute approximate surface area is 228 Å². The molecule has 206 valence electrons. The van der Waals surface area contributed by atoms with Crippen LogP contribution in [0.5, 0.6) is 0 Å². The van der Waals surface area contributed by atoms with Crippen molar-refractivity contribution in [3.63, 3.8) is 0 Å². The van der Waals surface area contributed by atoms with Crippen molar-refractivity contribution in [1.29, 1.82) is 0 Å². The maximum Gasteiger partial charge on any atom is 0.416 e. The minimum absolute atomic E-state index is 0.0495. The van der Waals surface area contributed by atoms with E-state index in [4.69, 9.17) is 0 Å². The lowest BCUT2D eigenvalue weighted by Crippen LogP contribution is -2.43. The van der Waals surface area contributed by atoms with E-state index >= 15 is 0 Å². The zero-order valence-electron chi connectivity index (χ0n) is 21.1. The van der Waals surface area contributed by atoms with E-state index in [0.717, 1.165) is 12.1 Å². The van der Waals surface area contributed by atoms with Gasteiger partial charge in [-0.25, -0.2) is 8.42 Å². The smallest absolute Gasteiger partial charge is 0.334 e. The lowest BCUT2D eigenvalue weighted by Gasteiger charge is -2.34. The summed E-state index contributed by atoms with van der Waals surface area (Å²) in [5, 5.41) is 2.67. The molecule has 0 bridgehead atoms. The molecule has 1 aliphatic heterocycles. The number of fused-ring (bicyclic) bond motifs is 1. The van der Waals surface area contributed by atoms with Crippen LogP contribution in [0.1, 0.15) is 45.1 Å². The number of rotatable bonds is 6. The van der Waals surface area contributed by atoms with Crippen molar-refractivity contribution in [2.45, 2.75) is 29.8 Å². The molecule has 0 saturated carbocycles. The Bertz CT molecular complexity index is 1670. The molecule has 2 amide bonds. The van der Waals surface area contributed by atoms with Gasteiger partial charge in [0.1, 0.15) is 5.69 Å². The second kappa shape index (κ2) is 10.3. The van der Waals surface area contributed by atoms with Crippen LogP contribution in [0.25, 0.3) is 0 Å². The molecule has 0 spiro atoms. The Morgan fingerprint density at radius 1 is 1.05 bits per heavy atom. The number of anilines is 2. The third-order valence-electron chi connectivity index (χ3n) is 6.56. The van der Waals surface area contributed by atoms with Crippen molar-refractivity contribution in [3.05, 3.63) is 108 Å². The quantitative estimate of drug-likeness (QED) is 0.338. The summed E-state index contributed by atoms with van der Waals surface area (Å²) < 4.78 is 67.3. The Morgan fingerprint density at radius 3 is 2.38 bits per heavy atom. The van der Waals surface area contributed by atoms with Gasteiger partial charge >= 0.3 is 6.18 Å². The molecule has 0 saturated heterocycles. The van der Waals surface area contributed by atoms with Crippen molar-refractivity contribution >= 4 is 33.0 Å². The average Bonchev–Trinajstić information content (AvgIpc) is 3.31. The summed E-state index contributed by atoms with van der Waals surface area (Å²) in [5.41, 5.74) is -0.157. The summed E-state index contributed by atoms with van der Waals surface area (Å²) >= 11 is 0. The first-order chi connectivity index (χ1) is 19.0. The number of aromatic nitrogens is 2. The topological polar surface area (TPSA) is 101 Å². The molecule has 4 aromatic rings. The van der Waals surface area contributed by atoms with E-state index in [1.165, 1.54) is 52.2 Å². The lowest BCUT2D eigenvalue weighted by molar-refractivity contribution is -0.137. The number of sulfone groups is 1. The fourth-order valence-electron chi connectivity index (χ4n) is 4.73. The molecular formula is C28H23F3N4O4S. The molecule has 0 unspecified atom stereocenters. The highest BCUT2D eigenvalue weighted by atomic mass is 32.2. The molecule has 2 aromatic carbocycles. The van der Waals surface area contributed by atoms with E-state index in [9.17, 15) is 31.2 Å². The van der Waals surface area contributed by atoms with Crippen LogP contribution in [-0.2, 0) is 21.8 Å². The van der Waals surface area contributed by atoms with Crippen molar-refractivity contribution in [1.82, 2.24) is 9.55 Å². The fourth-order valence-corrected chi connectivity index (χ4v) is 6.08. The van der Waals surface area contributed by atoms with Gasteiger partial charge in [0.05, 0.1) is 33.7 Å². The largest absolute Gasteiger partial charge is 0.416 e. The summed E-state index contributed by atoms with van der Waals surface area (Å²) in [6, 6.07) is 16.1. The van der Waals surface area contributed by atoms with Gasteiger partial charge in [-0.15, -0.1) is 0 Å². The second-order valence-electron chi connectivity index (χ2n) is 9.35. The summed E-state index contributed by atoms with van der Waals surface area (Å²) in [6.07, 6.45) is -1.60. The van der Waals surface area contributed by atoms with E-state index in [-0.39, 0.29) is 34.1 Å². The molecule has 0 radical (unpaired) electrons. The van der Waals surface area contributed by atoms with Crippen LogP contribution in [0.15, 0.2) is 90.1 Å². The number of alkyl halides is 3. The van der Waals surface area contributed by atoms with Gasteiger partial charge in [0.2, 0.25) is 0 Å². The molecule has 1 aliphatic rings. The Morgan fingerprint density at radius 2 is 1.75 bits per heavy atom. The molecule has 5 rings (SSSR count). The van der Waals surface area contributed by atoms with Gasteiger partial charge in [0.25, 0.3) is 11.8 Å². The van der Waals surface area contributed by atoms with Gasteiger partial charge < -0.3 is 14.8 Å². The molecule has 1 N–H and O–H groups in total. The average molecular weight is 569 g/mol. The minimum atomic E-state index is -4.54. The highest BCUT2D eigenvalue weighted by Gasteiger charge is 2.38. The van der Waals surface area contributed by atoms with Gasteiger partial charge in [-0.2, -0.15) is 13.2 Å². The first-order valence-electron chi connectivity index (χ1n) is 12.2. The maximum absolute atomic E-state index is 13.8. The third-order valence-corrected chi connectivity index (χ3v) is 8.23. The SMILES string of the molecule is C[C@H]1CN(c2ccc(C(F)(F)F)cc2)C(=O)c2c(C(=O)Nc3cccnc3)cc(CS(=O)(=O)c3ccccc3)n21. The zero-order chi connectivity index (χ0) is 28.7. The van der Waals surface area contributed by atoms with Crippen LogP contribution in [-0.4, -0.2) is 36.3 Å². The predicted molar refractivity (Wildman–Crippen MR) is 142 cm³/mol. The standard InChI is InChI=1S/C28H23F3N4O4S/c1-18-16-34(21-11-9-19(10-12-21)28(29,30)31)27(37)25-24(26(36)33-20-6-5-13-32-15-20)14-22(35(18)25)17-40(38,39)23-7-3-2-4-8-23/h2-15,18H,16-17H2,1H3,(H,33,36)/t18-/m0/s1. The number of benzene rings is 2. The first kappa shape index (κ1) is 27.1. The van der Waals surface area contributed by atoms with Crippen LogP contribution >= 0.6 is 0 Å². The maximum atomic E-state index is 13.8. The molecule has 3 heterocycles. The number of halogens is 3. The number of pyridine rings is 1. The highest BCUT2D eigenvalue weighted by Crippen LogP contribution is 2.35. The van der Waals surface area contributed by atoms with Crippen molar-refractivity contribution in [3.8, 4) is 0 Å². The summed E-state index contributed by atoms with van der Waals surface area (Å²) in [4.78, 5) is 32.5. The molecular weight excluding hydrogens is 545 g/mol. The number of carbonyl (C=O) groups is 2. The number of hydrogen-bond acceptors (Lipinski definition) is 5. The predicted octanol–water partition coefficient (Wildman–Crippen LogP) is 5.35. The lowest BCUT2D eigenvalue weighted by atomic mass is 10.1. The van der Waals surface area contributed by atoms with Crippen LogP contribution in [0.4, 0.5) is 24.5 Å². The molecule has 2 aromatic heterocycles. The minimum Gasteiger partial charge on any atom is -0.334 e.